The minimum absolute atomic E-state index is 0.0776. The fourth-order valence-electron chi connectivity index (χ4n) is 3.79. The van der Waals surface area contributed by atoms with Crippen LogP contribution in [0.4, 0.5) is 14.5 Å². The minimum Gasteiger partial charge on any atom is -0.327 e. The molecule has 1 aromatic carbocycles. The molecule has 30 heavy (non-hydrogen) atoms. The van der Waals surface area contributed by atoms with E-state index in [0.29, 0.717) is 25.1 Å². The first kappa shape index (κ1) is 23.0. The first-order chi connectivity index (χ1) is 13.6. The number of rotatable bonds is 4. The number of aromatic nitrogens is 2. The molecule has 0 bridgehead atoms. The van der Waals surface area contributed by atoms with E-state index < -0.39 is 20.7 Å². The van der Waals surface area contributed by atoms with E-state index in [-0.39, 0.29) is 24.2 Å². The Kier molecular flexibility index (Phi) is 5.72. The molecule has 1 heterocycles. The maximum absolute atomic E-state index is 13.6. The topological polar surface area (TPSA) is 64.0 Å². The number of benzene rings is 1. The fraction of sp³-hybridized carbons (Fsp3) is 0.682. The number of nitrogens with zero attached hydrogens (tertiary/aromatic N) is 2. The molecule has 1 aliphatic rings. The van der Waals surface area contributed by atoms with Crippen molar-refractivity contribution in [3.63, 3.8) is 0 Å². The molecule has 0 spiro atoms. The van der Waals surface area contributed by atoms with Crippen molar-refractivity contribution in [2.75, 3.05) is 4.72 Å². The average Bonchev–Trinajstić information content (AvgIpc) is 2.94. The summed E-state index contributed by atoms with van der Waals surface area (Å²) in [6, 6.07) is 5.34. The summed E-state index contributed by atoms with van der Waals surface area (Å²) in [6.07, 6.45) is 0.802. The van der Waals surface area contributed by atoms with Crippen molar-refractivity contribution < 1.29 is 17.2 Å². The van der Waals surface area contributed by atoms with Crippen LogP contribution in [0.5, 0.6) is 0 Å². The van der Waals surface area contributed by atoms with Gasteiger partial charge in [-0.15, -0.1) is 0 Å². The van der Waals surface area contributed by atoms with Crippen LogP contribution in [0.3, 0.4) is 0 Å². The largest absolute Gasteiger partial charge is 0.327 e. The number of halogens is 2. The van der Waals surface area contributed by atoms with Crippen molar-refractivity contribution in [1.82, 2.24) is 9.55 Å². The summed E-state index contributed by atoms with van der Waals surface area (Å²) in [5.74, 6) is -1.53. The Bertz CT molecular complexity index is 1020. The van der Waals surface area contributed by atoms with E-state index in [0.717, 1.165) is 16.9 Å². The van der Waals surface area contributed by atoms with Crippen LogP contribution in [0.25, 0.3) is 11.0 Å². The maximum atomic E-state index is 13.6. The molecule has 5 nitrogen and oxygen atoms in total. The third-order valence-corrected chi connectivity index (χ3v) is 7.87. The molecule has 0 unspecified atom stereocenters. The van der Waals surface area contributed by atoms with Crippen LogP contribution in [0.2, 0.25) is 0 Å². The molecular formula is C22H33F2N3O2S. The van der Waals surface area contributed by atoms with Gasteiger partial charge >= 0.3 is 0 Å². The van der Waals surface area contributed by atoms with Gasteiger partial charge in [0.05, 0.1) is 21.5 Å². The van der Waals surface area contributed by atoms with Crippen LogP contribution in [-0.2, 0) is 22.0 Å². The molecule has 1 saturated carbocycles. The van der Waals surface area contributed by atoms with E-state index in [4.69, 9.17) is 4.98 Å². The highest BCUT2D eigenvalue weighted by Gasteiger charge is 2.36. The minimum atomic E-state index is -3.56. The first-order valence-electron chi connectivity index (χ1n) is 10.5. The lowest BCUT2D eigenvalue weighted by atomic mass is 9.86. The molecule has 1 aromatic heterocycles. The Morgan fingerprint density at radius 2 is 1.73 bits per heavy atom. The van der Waals surface area contributed by atoms with Crippen molar-refractivity contribution in [2.45, 2.75) is 89.9 Å². The van der Waals surface area contributed by atoms with E-state index in [1.54, 1.807) is 32.9 Å². The summed E-state index contributed by atoms with van der Waals surface area (Å²) < 4.78 is 56.2. The van der Waals surface area contributed by atoms with Gasteiger partial charge in [-0.05, 0) is 57.7 Å². The number of hydrogen-bond donors (Lipinski definition) is 1. The number of nitrogens with one attached hydrogen (secondary N) is 1. The molecule has 1 N–H and O–H groups in total. The van der Waals surface area contributed by atoms with Gasteiger partial charge in [0.15, 0.2) is 0 Å². The molecule has 0 aliphatic heterocycles. The molecular weight excluding hydrogens is 408 g/mol. The van der Waals surface area contributed by atoms with Crippen molar-refractivity contribution >= 4 is 26.7 Å². The van der Waals surface area contributed by atoms with Crippen LogP contribution in [-0.4, -0.2) is 28.6 Å². The third kappa shape index (κ3) is 4.79. The van der Waals surface area contributed by atoms with Gasteiger partial charge in [0.2, 0.25) is 15.9 Å². The lowest BCUT2D eigenvalue weighted by Crippen LogP contribution is -2.33. The van der Waals surface area contributed by atoms with Gasteiger partial charge in [-0.25, -0.2) is 22.2 Å². The molecule has 0 radical (unpaired) electrons. The predicted octanol–water partition coefficient (Wildman–Crippen LogP) is 5.70. The highest BCUT2D eigenvalue weighted by atomic mass is 32.2. The van der Waals surface area contributed by atoms with Crippen LogP contribution in [0, 0.1) is 5.92 Å². The van der Waals surface area contributed by atoms with Gasteiger partial charge in [0, 0.05) is 24.8 Å². The summed E-state index contributed by atoms with van der Waals surface area (Å²) in [4.78, 5) is 4.80. The maximum Gasteiger partial charge on any atom is 0.248 e. The Labute approximate surface area is 178 Å². The highest BCUT2D eigenvalue weighted by Crippen LogP contribution is 2.38. The standard InChI is InChI=1S/C22H33F2N3O2S/c1-20(2,3)19-25-17-8-7-16(26-30(28,29)21(4,5)6)13-18(17)27(19)14-15-9-11-22(23,24)12-10-15/h7-8,13,15,26H,9-12,14H2,1-6H3. The van der Waals surface area contributed by atoms with Crippen molar-refractivity contribution in [3.05, 3.63) is 24.0 Å². The molecule has 8 heteroatoms. The normalized spacial score (nSPS) is 18.7. The van der Waals surface area contributed by atoms with E-state index in [1.807, 2.05) is 6.07 Å². The molecule has 3 rings (SSSR count). The van der Waals surface area contributed by atoms with Crippen LogP contribution in [0.1, 0.15) is 73.1 Å². The van der Waals surface area contributed by atoms with E-state index in [9.17, 15) is 17.2 Å². The van der Waals surface area contributed by atoms with Gasteiger partial charge in [-0.1, -0.05) is 20.8 Å². The third-order valence-electron chi connectivity index (χ3n) is 5.75. The molecule has 0 saturated heterocycles. The molecule has 1 fully saturated rings. The quantitative estimate of drug-likeness (QED) is 0.662. The molecule has 0 atom stereocenters. The van der Waals surface area contributed by atoms with Gasteiger partial charge in [0.1, 0.15) is 5.82 Å². The number of anilines is 1. The van der Waals surface area contributed by atoms with E-state index in [1.165, 1.54) is 0 Å². The summed E-state index contributed by atoms with van der Waals surface area (Å²) >= 11 is 0. The zero-order chi connectivity index (χ0) is 22.5. The number of sulfonamides is 1. The van der Waals surface area contributed by atoms with Gasteiger partial charge in [0.25, 0.3) is 0 Å². The van der Waals surface area contributed by atoms with Gasteiger partial charge in [-0.3, -0.25) is 4.72 Å². The van der Waals surface area contributed by atoms with Crippen molar-refractivity contribution in [2.24, 2.45) is 5.92 Å². The Balaban J connectivity index is 2.00. The lowest BCUT2D eigenvalue weighted by Gasteiger charge is -2.30. The Morgan fingerprint density at radius 3 is 2.27 bits per heavy atom. The Morgan fingerprint density at radius 1 is 1.13 bits per heavy atom. The summed E-state index contributed by atoms with van der Waals surface area (Å²) in [5.41, 5.74) is 1.85. The fourth-order valence-corrected chi connectivity index (χ4v) is 4.54. The van der Waals surface area contributed by atoms with Crippen molar-refractivity contribution in [1.29, 1.82) is 0 Å². The SMILES string of the molecule is CC(C)(C)c1nc2ccc(NS(=O)(=O)C(C)(C)C)cc2n1CC1CCC(F)(F)CC1. The summed E-state index contributed by atoms with van der Waals surface area (Å²) in [5, 5.41) is 0. The molecule has 1 aliphatic carbocycles. The van der Waals surface area contributed by atoms with E-state index in [2.05, 4.69) is 30.1 Å². The van der Waals surface area contributed by atoms with Crippen LogP contribution >= 0.6 is 0 Å². The molecule has 2 aromatic rings. The number of fused-ring (bicyclic) bond motifs is 1. The highest BCUT2D eigenvalue weighted by molar-refractivity contribution is 7.94. The number of hydrogen-bond acceptors (Lipinski definition) is 3. The second-order valence-corrected chi connectivity index (χ2v) is 13.0. The number of alkyl halides is 2. The monoisotopic (exact) mass is 441 g/mol. The second-order valence-electron chi connectivity index (χ2n) is 10.5. The zero-order valence-electron chi connectivity index (χ0n) is 18.7. The van der Waals surface area contributed by atoms with Crippen LogP contribution in [0.15, 0.2) is 18.2 Å². The first-order valence-corrected chi connectivity index (χ1v) is 12.0. The Hall–Kier alpha value is -1.70. The predicted molar refractivity (Wildman–Crippen MR) is 118 cm³/mol. The lowest BCUT2D eigenvalue weighted by molar-refractivity contribution is -0.0473. The number of imidazole rings is 1. The average molecular weight is 442 g/mol. The van der Waals surface area contributed by atoms with E-state index >= 15 is 0 Å². The summed E-state index contributed by atoms with van der Waals surface area (Å²) in [6.45, 7) is 11.8. The molecule has 168 valence electrons. The van der Waals surface area contributed by atoms with Crippen LogP contribution < -0.4 is 4.72 Å². The summed E-state index contributed by atoms with van der Waals surface area (Å²) in [7, 11) is -3.56. The van der Waals surface area contributed by atoms with Crippen molar-refractivity contribution in [3.8, 4) is 0 Å². The van der Waals surface area contributed by atoms with Gasteiger partial charge < -0.3 is 4.57 Å². The second kappa shape index (κ2) is 7.46. The van der Waals surface area contributed by atoms with Gasteiger partial charge in [-0.2, -0.15) is 0 Å². The zero-order valence-corrected chi connectivity index (χ0v) is 19.5. The molecule has 0 amide bonds. The smallest absolute Gasteiger partial charge is 0.248 e.